The zero-order chi connectivity index (χ0) is 11.7. The Morgan fingerprint density at radius 3 is 2.20 bits per heavy atom. The molecule has 0 aromatic heterocycles. The summed E-state index contributed by atoms with van der Waals surface area (Å²) in [5.74, 6) is 0. The van der Waals surface area contributed by atoms with Gasteiger partial charge in [-0.1, -0.05) is 52.8 Å². The monoisotopic (exact) mass is 203 g/mol. The van der Waals surface area contributed by atoms with Crippen LogP contribution in [0.25, 0.3) is 0 Å². The zero-order valence-electron chi connectivity index (χ0n) is 10.9. The minimum atomic E-state index is 0.248. The third kappa shape index (κ3) is 3.70. The Morgan fingerprint density at radius 1 is 1.13 bits per heavy atom. The van der Waals surface area contributed by atoms with Gasteiger partial charge in [0.2, 0.25) is 0 Å². The fourth-order valence-electron chi connectivity index (χ4n) is 2.43. The highest BCUT2D eigenvalue weighted by Gasteiger charge is 2.26. The fourth-order valence-corrected chi connectivity index (χ4v) is 2.43. The quantitative estimate of drug-likeness (QED) is 0.663. The third-order valence-corrected chi connectivity index (χ3v) is 2.70. The van der Waals surface area contributed by atoms with Gasteiger partial charge in [0.25, 0.3) is 0 Å². The smallest absolute Gasteiger partial charge is 0.00985 e. The van der Waals surface area contributed by atoms with Crippen molar-refractivity contribution in [3.8, 4) is 0 Å². The molecule has 0 aliphatic heterocycles. The summed E-state index contributed by atoms with van der Waals surface area (Å²) in [6.07, 6.45) is 1.20. The maximum Gasteiger partial charge on any atom is -0.00985 e. The average Bonchev–Trinajstić information content (AvgIpc) is 1.99. The lowest BCUT2D eigenvalue weighted by Gasteiger charge is -2.33. The van der Waals surface area contributed by atoms with Gasteiger partial charge in [-0.25, -0.2) is 0 Å². The molecule has 1 radical (unpaired) electrons. The van der Waals surface area contributed by atoms with Crippen LogP contribution in [0.4, 0.5) is 0 Å². The molecular formula is C15H23. The van der Waals surface area contributed by atoms with Gasteiger partial charge in [0.1, 0.15) is 0 Å². The van der Waals surface area contributed by atoms with E-state index in [0.29, 0.717) is 5.41 Å². The van der Waals surface area contributed by atoms with E-state index in [-0.39, 0.29) is 5.41 Å². The van der Waals surface area contributed by atoms with Crippen molar-refractivity contribution in [2.75, 3.05) is 0 Å². The molecular weight excluding hydrogens is 180 g/mol. The fraction of sp³-hybridized carbons (Fsp3) is 0.600. The van der Waals surface area contributed by atoms with Crippen molar-refractivity contribution in [2.24, 2.45) is 5.41 Å². The van der Waals surface area contributed by atoms with E-state index in [4.69, 9.17) is 0 Å². The van der Waals surface area contributed by atoms with Crippen molar-refractivity contribution in [2.45, 2.75) is 53.4 Å². The largest absolute Gasteiger partial charge is 0.0601 e. The highest BCUT2D eigenvalue weighted by atomic mass is 14.3. The van der Waals surface area contributed by atoms with Crippen molar-refractivity contribution < 1.29 is 0 Å². The first kappa shape index (κ1) is 12.3. The van der Waals surface area contributed by atoms with Crippen molar-refractivity contribution in [3.05, 3.63) is 35.4 Å². The van der Waals surface area contributed by atoms with Crippen LogP contribution in [0.5, 0.6) is 0 Å². The normalized spacial score (nSPS) is 12.9. The number of rotatable bonds is 2. The van der Waals surface area contributed by atoms with Gasteiger partial charge in [0, 0.05) is 0 Å². The van der Waals surface area contributed by atoms with Gasteiger partial charge in [-0.2, -0.15) is 0 Å². The molecule has 1 aromatic carbocycles. The van der Waals surface area contributed by atoms with Gasteiger partial charge in [-0.3, -0.25) is 0 Å². The van der Waals surface area contributed by atoms with Crippen molar-refractivity contribution in [3.63, 3.8) is 0 Å². The Bertz CT molecular complexity index is 326. The van der Waals surface area contributed by atoms with Gasteiger partial charge in [0.05, 0.1) is 0 Å². The molecule has 0 aliphatic rings. The lowest BCUT2D eigenvalue weighted by atomic mass is 9.72. The highest BCUT2D eigenvalue weighted by Crippen LogP contribution is 2.36. The molecule has 83 valence electrons. The van der Waals surface area contributed by atoms with Crippen LogP contribution in [0, 0.1) is 18.4 Å². The molecule has 15 heavy (non-hydrogen) atoms. The summed E-state index contributed by atoms with van der Waals surface area (Å²) in [6, 6.07) is 9.69. The Morgan fingerprint density at radius 2 is 1.73 bits per heavy atom. The first-order valence-corrected chi connectivity index (χ1v) is 5.70. The van der Waals surface area contributed by atoms with Crippen molar-refractivity contribution in [1.82, 2.24) is 0 Å². The maximum atomic E-state index is 3.21. The summed E-state index contributed by atoms with van der Waals surface area (Å²) in [6.45, 7) is 13.7. The summed E-state index contributed by atoms with van der Waals surface area (Å²) >= 11 is 0. The minimum Gasteiger partial charge on any atom is -0.0601 e. The van der Waals surface area contributed by atoms with Crippen LogP contribution in [-0.2, 0) is 5.41 Å². The van der Waals surface area contributed by atoms with Gasteiger partial charge >= 0.3 is 0 Å². The molecule has 0 spiro atoms. The first-order valence-electron chi connectivity index (χ1n) is 5.70. The van der Waals surface area contributed by atoms with E-state index in [1.54, 1.807) is 0 Å². The van der Waals surface area contributed by atoms with E-state index in [0.717, 1.165) is 0 Å². The predicted molar refractivity (Wildman–Crippen MR) is 67.1 cm³/mol. The first-order chi connectivity index (χ1) is 6.71. The second-order valence-corrected chi connectivity index (χ2v) is 6.38. The van der Waals surface area contributed by atoms with E-state index < -0.39 is 0 Å². The predicted octanol–water partition coefficient (Wildman–Crippen LogP) is 4.51. The van der Waals surface area contributed by atoms with Gasteiger partial charge in [-0.15, -0.1) is 0 Å². The number of hydrogen-bond donors (Lipinski definition) is 0. The number of benzene rings is 1. The molecule has 0 heteroatoms. The number of aryl methyl sites for hydroxylation is 1. The summed E-state index contributed by atoms with van der Waals surface area (Å²) in [7, 11) is 0. The lowest BCUT2D eigenvalue weighted by molar-refractivity contribution is 0.284. The van der Waals surface area contributed by atoms with Gasteiger partial charge in [-0.05, 0) is 41.4 Å². The molecule has 0 amide bonds. The molecule has 0 bridgehead atoms. The van der Waals surface area contributed by atoms with Crippen molar-refractivity contribution >= 4 is 0 Å². The zero-order valence-corrected chi connectivity index (χ0v) is 10.9. The second-order valence-electron chi connectivity index (χ2n) is 6.38. The molecule has 0 fully saturated rings. The van der Waals surface area contributed by atoms with Crippen LogP contribution >= 0.6 is 0 Å². The van der Waals surface area contributed by atoms with Crippen LogP contribution < -0.4 is 0 Å². The molecule has 0 unspecified atom stereocenters. The van der Waals surface area contributed by atoms with E-state index in [1.165, 1.54) is 17.5 Å². The maximum absolute atomic E-state index is 3.21. The van der Waals surface area contributed by atoms with Crippen LogP contribution in [0.1, 0.15) is 52.2 Å². The second kappa shape index (κ2) is 4.00. The summed E-state index contributed by atoms with van der Waals surface area (Å²) in [4.78, 5) is 0. The van der Waals surface area contributed by atoms with E-state index in [9.17, 15) is 0 Å². The van der Waals surface area contributed by atoms with E-state index in [1.807, 2.05) is 6.07 Å². The SMILES string of the molecule is Cc1[c]ccc(C(C)(C)CC(C)(C)C)c1. The molecule has 0 saturated heterocycles. The Labute approximate surface area is 94.7 Å². The van der Waals surface area contributed by atoms with Crippen LogP contribution in [0.15, 0.2) is 18.2 Å². The summed E-state index contributed by atoms with van der Waals surface area (Å²) in [5, 5.41) is 0. The molecule has 0 saturated carbocycles. The van der Waals surface area contributed by atoms with Crippen LogP contribution in [0.2, 0.25) is 0 Å². The molecule has 0 nitrogen and oxygen atoms in total. The third-order valence-electron chi connectivity index (χ3n) is 2.70. The molecule has 0 aliphatic carbocycles. The standard InChI is InChI=1S/C15H23/c1-12-8-7-9-13(10-12)15(5,6)11-14(2,3)4/h7,9-10H,11H2,1-6H3. The Kier molecular flexibility index (Phi) is 3.28. The highest BCUT2D eigenvalue weighted by molar-refractivity contribution is 5.27. The number of hydrogen-bond acceptors (Lipinski definition) is 0. The molecule has 0 heterocycles. The van der Waals surface area contributed by atoms with Gasteiger partial charge in [0.15, 0.2) is 0 Å². The van der Waals surface area contributed by atoms with Crippen LogP contribution in [0.3, 0.4) is 0 Å². The minimum absolute atomic E-state index is 0.248. The van der Waals surface area contributed by atoms with Crippen molar-refractivity contribution in [1.29, 1.82) is 0 Å². The van der Waals surface area contributed by atoms with Crippen LogP contribution in [-0.4, -0.2) is 0 Å². The Balaban J connectivity index is 2.95. The van der Waals surface area contributed by atoms with E-state index in [2.05, 4.69) is 59.7 Å². The summed E-state index contributed by atoms with van der Waals surface area (Å²) in [5.41, 5.74) is 3.28. The van der Waals surface area contributed by atoms with Gasteiger partial charge < -0.3 is 0 Å². The van der Waals surface area contributed by atoms with E-state index >= 15 is 0 Å². The molecule has 0 atom stereocenters. The summed E-state index contributed by atoms with van der Waals surface area (Å²) < 4.78 is 0. The molecule has 1 rings (SSSR count). The topological polar surface area (TPSA) is 0 Å². The molecule has 1 aromatic rings. The Hall–Kier alpha value is -0.780. The average molecular weight is 203 g/mol. The lowest BCUT2D eigenvalue weighted by Crippen LogP contribution is -2.24. The molecule has 0 N–H and O–H groups in total.